The van der Waals surface area contributed by atoms with Gasteiger partial charge in [0, 0.05) is 19.2 Å². The molecule has 0 radical (unpaired) electrons. The first-order chi connectivity index (χ1) is 10.0. The van der Waals surface area contributed by atoms with Crippen LogP contribution in [0.5, 0.6) is 5.75 Å². The highest BCUT2D eigenvalue weighted by Gasteiger charge is 2.11. The molecule has 0 bridgehead atoms. The van der Waals surface area contributed by atoms with Gasteiger partial charge < -0.3 is 14.4 Å². The number of aliphatic hydroxyl groups excluding tert-OH is 1. The Hall–Kier alpha value is -1.85. The van der Waals surface area contributed by atoms with Crippen LogP contribution in [0, 0.1) is 13.8 Å². The first kappa shape index (κ1) is 15.5. The van der Waals surface area contributed by atoms with E-state index in [1.54, 1.807) is 0 Å². The molecule has 1 N–H and O–H groups in total. The van der Waals surface area contributed by atoms with Crippen LogP contribution < -0.4 is 4.74 Å². The normalized spacial score (nSPS) is 12.6. The minimum atomic E-state index is -0.552. The number of aryl methyl sites for hydroxylation is 2. The lowest BCUT2D eigenvalue weighted by Crippen LogP contribution is -2.32. The Labute approximate surface area is 125 Å². The molecule has 0 aliphatic heterocycles. The van der Waals surface area contributed by atoms with Crippen molar-refractivity contribution in [3.05, 3.63) is 47.3 Å². The van der Waals surface area contributed by atoms with E-state index < -0.39 is 6.10 Å². The molecule has 114 valence electrons. The minimum Gasteiger partial charge on any atom is -0.491 e. The molecule has 0 aliphatic carbocycles. The molecule has 1 heterocycles. The summed E-state index contributed by atoms with van der Waals surface area (Å²) < 4.78 is 10.6. The first-order valence-electron chi connectivity index (χ1n) is 7.01. The summed E-state index contributed by atoms with van der Waals surface area (Å²) in [7, 11) is 1.93. The zero-order valence-corrected chi connectivity index (χ0v) is 12.7. The fraction of sp³-hybridized carbons (Fsp3) is 0.438. The third-order valence-corrected chi connectivity index (χ3v) is 3.06. The van der Waals surface area contributed by atoms with Gasteiger partial charge in [-0.15, -0.1) is 0 Å². The van der Waals surface area contributed by atoms with Gasteiger partial charge in [-0.3, -0.25) is 4.90 Å². The van der Waals surface area contributed by atoms with Crippen molar-refractivity contribution in [2.24, 2.45) is 0 Å². The van der Waals surface area contributed by atoms with Crippen LogP contribution in [-0.2, 0) is 6.54 Å². The molecule has 1 unspecified atom stereocenters. The molecule has 2 aromatic rings. The van der Waals surface area contributed by atoms with Crippen LogP contribution in [0.1, 0.15) is 17.0 Å². The van der Waals surface area contributed by atoms with Crippen molar-refractivity contribution >= 4 is 0 Å². The van der Waals surface area contributed by atoms with Crippen LogP contribution in [0.4, 0.5) is 0 Å². The number of hydrogen-bond donors (Lipinski definition) is 1. The summed E-state index contributed by atoms with van der Waals surface area (Å²) in [4.78, 5) is 1.99. The zero-order valence-electron chi connectivity index (χ0n) is 12.7. The average molecular weight is 290 g/mol. The lowest BCUT2D eigenvalue weighted by Gasteiger charge is -2.19. The van der Waals surface area contributed by atoms with Crippen molar-refractivity contribution in [3.63, 3.8) is 0 Å². The van der Waals surface area contributed by atoms with Gasteiger partial charge in [0.05, 0.1) is 5.69 Å². The summed E-state index contributed by atoms with van der Waals surface area (Å²) in [6, 6.07) is 9.69. The van der Waals surface area contributed by atoms with E-state index in [1.165, 1.54) is 0 Å². The minimum absolute atomic E-state index is 0.269. The number of rotatable bonds is 7. The van der Waals surface area contributed by atoms with Crippen molar-refractivity contribution in [3.8, 4) is 5.75 Å². The first-order valence-corrected chi connectivity index (χ1v) is 7.01. The van der Waals surface area contributed by atoms with Gasteiger partial charge in [-0.1, -0.05) is 17.3 Å². The molecule has 21 heavy (non-hydrogen) atoms. The molecule has 1 atom stereocenters. The van der Waals surface area contributed by atoms with Crippen LogP contribution in [0.15, 0.2) is 34.9 Å². The third-order valence-electron chi connectivity index (χ3n) is 3.06. The number of aromatic nitrogens is 1. The third kappa shape index (κ3) is 5.21. The molecule has 0 fully saturated rings. The smallest absolute Gasteiger partial charge is 0.133 e. The van der Waals surface area contributed by atoms with Gasteiger partial charge in [0.1, 0.15) is 24.2 Å². The van der Waals surface area contributed by atoms with Crippen LogP contribution in [-0.4, -0.2) is 41.5 Å². The second-order valence-corrected chi connectivity index (χ2v) is 5.41. The van der Waals surface area contributed by atoms with Crippen molar-refractivity contribution < 1.29 is 14.4 Å². The second kappa shape index (κ2) is 7.24. The number of nitrogens with zero attached hydrogens (tertiary/aromatic N) is 2. The van der Waals surface area contributed by atoms with E-state index in [0.29, 0.717) is 13.1 Å². The van der Waals surface area contributed by atoms with Gasteiger partial charge in [0.15, 0.2) is 0 Å². The highest BCUT2D eigenvalue weighted by molar-refractivity contribution is 5.27. The van der Waals surface area contributed by atoms with E-state index in [-0.39, 0.29) is 6.61 Å². The molecule has 0 spiro atoms. The standard InChI is InChI=1S/C16H22N2O3/c1-12-5-4-6-16(7-12)20-11-15(19)10-18(3)9-14-8-13(2)21-17-14/h4-8,15,19H,9-11H2,1-3H3. The van der Waals surface area contributed by atoms with Crippen molar-refractivity contribution in [1.82, 2.24) is 10.1 Å². The number of hydrogen-bond acceptors (Lipinski definition) is 5. The summed E-state index contributed by atoms with van der Waals surface area (Å²) in [6.07, 6.45) is -0.552. The quantitative estimate of drug-likeness (QED) is 0.847. The predicted octanol–water partition coefficient (Wildman–Crippen LogP) is 2.16. The molecular weight excluding hydrogens is 268 g/mol. The highest BCUT2D eigenvalue weighted by Crippen LogP contribution is 2.12. The SMILES string of the molecule is Cc1cccc(OCC(O)CN(C)Cc2cc(C)on2)c1. The van der Waals surface area contributed by atoms with E-state index in [4.69, 9.17) is 9.26 Å². The number of benzene rings is 1. The van der Waals surface area contributed by atoms with Gasteiger partial charge in [-0.2, -0.15) is 0 Å². The molecule has 2 rings (SSSR count). The lowest BCUT2D eigenvalue weighted by molar-refractivity contribution is 0.0737. The lowest BCUT2D eigenvalue weighted by atomic mass is 10.2. The molecule has 0 aliphatic rings. The summed E-state index contributed by atoms with van der Waals surface area (Å²) in [5, 5.41) is 14.0. The largest absolute Gasteiger partial charge is 0.491 e. The Morgan fingerprint density at radius 3 is 2.81 bits per heavy atom. The van der Waals surface area contributed by atoms with Crippen LogP contribution in [0.25, 0.3) is 0 Å². The molecule has 5 nitrogen and oxygen atoms in total. The number of aliphatic hydroxyl groups is 1. The number of ether oxygens (including phenoxy) is 1. The summed E-state index contributed by atoms with van der Waals surface area (Å²) in [6.45, 7) is 5.29. The molecule has 1 aromatic heterocycles. The van der Waals surface area contributed by atoms with Crippen molar-refractivity contribution in [2.75, 3.05) is 20.2 Å². The Morgan fingerprint density at radius 2 is 2.14 bits per heavy atom. The van der Waals surface area contributed by atoms with Crippen LogP contribution in [0.2, 0.25) is 0 Å². The van der Waals surface area contributed by atoms with Crippen molar-refractivity contribution in [1.29, 1.82) is 0 Å². The van der Waals surface area contributed by atoms with Crippen LogP contribution in [0.3, 0.4) is 0 Å². The Kier molecular flexibility index (Phi) is 5.36. The van der Waals surface area contributed by atoms with Gasteiger partial charge >= 0.3 is 0 Å². The average Bonchev–Trinajstić information content (AvgIpc) is 2.81. The molecule has 0 amide bonds. The van der Waals surface area contributed by atoms with Crippen LogP contribution >= 0.6 is 0 Å². The fourth-order valence-electron chi connectivity index (χ4n) is 2.14. The summed E-state index contributed by atoms with van der Waals surface area (Å²) in [5.41, 5.74) is 2.00. The Bertz CT molecular complexity index is 568. The summed E-state index contributed by atoms with van der Waals surface area (Å²) >= 11 is 0. The second-order valence-electron chi connectivity index (χ2n) is 5.41. The topological polar surface area (TPSA) is 58.7 Å². The van der Waals surface area contributed by atoms with Gasteiger partial charge in [0.2, 0.25) is 0 Å². The zero-order chi connectivity index (χ0) is 15.2. The molecule has 1 aromatic carbocycles. The van der Waals surface area contributed by atoms with E-state index in [1.807, 2.05) is 56.1 Å². The van der Waals surface area contributed by atoms with Crippen molar-refractivity contribution in [2.45, 2.75) is 26.5 Å². The maximum atomic E-state index is 10.0. The van der Waals surface area contributed by atoms with E-state index in [2.05, 4.69) is 5.16 Å². The Morgan fingerprint density at radius 1 is 1.33 bits per heavy atom. The van der Waals surface area contributed by atoms with Gasteiger partial charge in [-0.25, -0.2) is 0 Å². The summed E-state index contributed by atoms with van der Waals surface area (Å²) in [5.74, 6) is 1.57. The maximum Gasteiger partial charge on any atom is 0.133 e. The molecular formula is C16H22N2O3. The van der Waals surface area contributed by atoms with E-state index >= 15 is 0 Å². The van der Waals surface area contributed by atoms with E-state index in [0.717, 1.165) is 22.8 Å². The number of likely N-dealkylation sites (N-methyl/N-ethyl adjacent to an activating group) is 1. The van der Waals surface area contributed by atoms with E-state index in [9.17, 15) is 5.11 Å². The predicted molar refractivity (Wildman–Crippen MR) is 80.3 cm³/mol. The monoisotopic (exact) mass is 290 g/mol. The highest BCUT2D eigenvalue weighted by atomic mass is 16.5. The molecule has 5 heteroatoms. The fourth-order valence-corrected chi connectivity index (χ4v) is 2.14. The Balaban J connectivity index is 1.74. The maximum absolute atomic E-state index is 10.0. The van der Waals surface area contributed by atoms with Gasteiger partial charge in [0.25, 0.3) is 0 Å². The molecule has 0 saturated carbocycles. The molecule has 0 saturated heterocycles. The van der Waals surface area contributed by atoms with Gasteiger partial charge in [-0.05, 0) is 38.6 Å².